The summed E-state index contributed by atoms with van der Waals surface area (Å²) in [6.07, 6.45) is 3.84. The molecule has 218 valence electrons. The maximum atomic E-state index is 13.8. The summed E-state index contributed by atoms with van der Waals surface area (Å²) in [5.74, 6) is 1.43. The first kappa shape index (κ1) is 27.8. The van der Waals surface area contributed by atoms with Crippen LogP contribution in [0.4, 0.5) is 36.4 Å². The summed E-state index contributed by atoms with van der Waals surface area (Å²) >= 11 is 0. The van der Waals surface area contributed by atoms with Gasteiger partial charge in [-0.3, -0.25) is 0 Å². The molecule has 1 saturated carbocycles. The third-order valence-corrected chi connectivity index (χ3v) is 8.59. The SMILES string of the molecule is CN(C)CC1(c2ccc(Nc3nc(N4CCCCC4)nc4c3CCN(c3ncccc3C(F)(F)F)CC4)cc2)CC1. The van der Waals surface area contributed by atoms with Crippen molar-refractivity contribution in [3.8, 4) is 0 Å². The van der Waals surface area contributed by atoms with Gasteiger partial charge in [0.15, 0.2) is 0 Å². The minimum absolute atomic E-state index is 0.0196. The summed E-state index contributed by atoms with van der Waals surface area (Å²) in [6, 6.07) is 11.1. The molecular weight excluding hydrogens is 527 g/mol. The van der Waals surface area contributed by atoms with E-state index in [0.29, 0.717) is 31.9 Å². The maximum Gasteiger partial charge on any atom is 0.419 e. The molecule has 1 N–H and O–H groups in total. The highest BCUT2D eigenvalue weighted by molar-refractivity contribution is 5.63. The molecule has 0 radical (unpaired) electrons. The van der Waals surface area contributed by atoms with Crippen molar-refractivity contribution >= 4 is 23.3 Å². The molecule has 6 rings (SSSR count). The zero-order valence-corrected chi connectivity index (χ0v) is 23.8. The van der Waals surface area contributed by atoms with Crippen LogP contribution >= 0.6 is 0 Å². The van der Waals surface area contributed by atoms with Gasteiger partial charge in [-0.05, 0) is 82.4 Å². The Kier molecular flexibility index (Phi) is 7.52. The lowest BCUT2D eigenvalue weighted by Gasteiger charge is -2.28. The van der Waals surface area contributed by atoms with E-state index < -0.39 is 11.7 Å². The molecule has 7 nitrogen and oxygen atoms in total. The maximum absolute atomic E-state index is 13.8. The summed E-state index contributed by atoms with van der Waals surface area (Å²) in [7, 11) is 4.24. The van der Waals surface area contributed by atoms with Crippen molar-refractivity contribution in [3.63, 3.8) is 0 Å². The minimum Gasteiger partial charge on any atom is -0.355 e. The Morgan fingerprint density at radius 1 is 0.902 bits per heavy atom. The average Bonchev–Trinajstić information content (AvgIpc) is 3.76. The number of piperidine rings is 1. The fourth-order valence-corrected chi connectivity index (χ4v) is 6.35. The van der Waals surface area contributed by atoms with E-state index in [4.69, 9.17) is 9.97 Å². The van der Waals surface area contributed by atoms with Crippen LogP contribution in [0.15, 0.2) is 42.6 Å². The van der Waals surface area contributed by atoms with Crippen LogP contribution in [-0.2, 0) is 24.4 Å². The molecule has 3 aliphatic rings. The van der Waals surface area contributed by atoms with Gasteiger partial charge < -0.3 is 20.0 Å². The lowest BCUT2D eigenvalue weighted by Crippen LogP contribution is -2.31. The largest absolute Gasteiger partial charge is 0.419 e. The third kappa shape index (κ3) is 5.98. The second-order valence-corrected chi connectivity index (χ2v) is 11.9. The van der Waals surface area contributed by atoms with Crippen molar-refractivity contribution in [2.75, 3.05) is 61.9 Å². The van der Waals surface area contributed by atoms with Gasteiger partial charge in [-0.2, -0.15) is 18.2 Å². The molecule has 2 aromatic heterocycles. The van der Waals surface area contributed by atoms with Crippen molar-refractivity contribution in [3.05, 3.63) is 65.0 Å². The third-order valence-electron chi connectivity index (χ3n) is 8.59. The summed E-state index contributed by atoms with van der Waals surface area (Å²) < 4.78 is 41.4. The first-order chi connectivity index (χ1) is 19.7. The highest BCUT2D eigenvalue weighted by atomic mass is 19.4. The number of fused-ring (bicyclic) bond motifs is 1. The zero-order chi connectivity index (χ0) is 28.6. The monoisotopic (exact) mass is 565 g/mol. The molecule has 0 bridgehead atoms. The quantitative estimate of drug-likeness (QED) is 0.387. The second kappa shape index (κ2) is 11.1. The Bertz CT molecular complexity index is 1360. The normalized spacial score (nSPS) is 18.7. The van der Waals surface area contributed by atoms with Crippen LogP contribution in [0.2, 0.25) is 0 Å². The number of rotatable bonds is 7. The predicted octanol–water partition coefficient (Wildman–Crippen LogP) is 5.82. The summed E-state index contributed by atoms with van der Waals surface area (Å²) in [5.41, 5.74) is 3.72. The Hall–Kier alpha value is -3.40. The highest BCUT2D eigenvalue weighted by Crippen LogP contribution is 2.48. The predicted molar refractivity (Wildman–Crippen MR) is 156 cm³/mol. The molecule has 3 aromatic rings. The number of benzene rings is 1. The van der Waals surface area contributed by atoms with Crippen LogP contribution in [-0.4, -0.2) is 66.7 Å². The first-order valence-corrected chi connectivity index (χ1v) is 14.7. The smallest absolute Gasteiger partial charge is 0.355 e. The fraction of sp³-hybridized carbons (Fsp3) is 0.516. The number of aromatic nitrogens is 3. The van der Waals surface area contributed by atoms with Gasteiger partial charge in [-0.15, -0.1) is 0 Å². The number of nitrogens with zero attached hydrogens (tertiary/aromatic N) is 6. The molecule has 2 fully saturated rings. The van der Waals surface area contributed by atoms with Crippen molar-refractivity contribution in [1.82, 2.24) is 19.9 Å². The van der Waals surface area contributed by atoms with Crippen LogP contribution in [0, 0.1) is 0 Å². The second-order valence-electron chi connectivity index (χ2n) is 11.9. The molecule has 0 amide bonds. The van der Waals surface area contributed by atoms with E-state index in [0.717, 1.165) is 61.3 Å². The fourth-order valence-electron chi connectivity index (χ4n) is 6.35. The molecule has 4 heterocycles. The molecule has 1 aliphatic carbocycles. The number of anilines is 4. The van der Waals surface area contributed by atoms with Gasteiger partial charge >= 0.3 is 6.18 Å². The van der Waals surface area contributed by atoms with Crippen LogP contribution in [0.25, 0.3) is 0 Å². The standard InChI is InChI=1S/C31H38F3N7/c1-39(2)21-30(14-15-30)22-8-10-23(11-9-22)36-27-24-12-19-40(28-25(31(32,33)34)7-6-16-35-28)20-13-26(24)37-29(38-27)41-17-4-3-5-18-41/h6-11,16H,3-5,12-15,17-21H2,1-2H3,(H,36,37,38). The van der Waals surface area contributed by atoms with Gasteiger partial charge in [0.25, 0.3) is 0 Å². The molecule has 0 spiro atoms. The molecule has 10 heteroatoms. The molecule has 2 aliphatic heterocycles. The van der Waals surface area contributed by atoms with Gasteiger partial charge in [-0.1, -0.05) is 12.1 Å². The van der Waals surface area contributed by atoms with Gasteiger partial charge in [0.1, 0.15) is 11.6 Å². The zero-order valence-electron chi connectivity index (χ0n) is 23.8. The number of likely N-dealkylation sites (N-methyl/N-ethyl adjacent to an activating group) is 1. The summed E-state index contributed by atoms with van der Waals surface area (Å²) in [5, 5.41) is 3.57. The lowest BCUT2D eigenvalue weighted by atomic mass is 9.95. The average molecular weight is 566 g/mol. The van der Waals surface area contributed by atoms with Gasteiger partial charge in [0.2, 0.25) is 5.95 Å². The number of hydrogen-bond donors (Lipinski definition) is 1. The molecular formula is C31H38F3N7. The molecule has 0 atom stereocenters. The van der Waals surface area contributed by atoms with Gasteiger partial charge in [0.05, 0.1) is 11.3 Å². The Balaban J connectivity index is 1.29. The van der Waals surface area contributed by atoms with E-state index in [2.05, 4.69) is 58.5 Å². The Morgan fingerprint density at radius 2 is 1.63 bits per heavy atom. The van der Waals surface area contributed by atoms with Gasteiger partial charge in [0, 0.05) is 62.0 Å². The van der Waals surface area contributed by atoms with Crippen molar-refractivity contribution in [2.45, 2.75) is 56.5 Å². The van der Waals surface area contributed by atoms with Crippen LogP contribution in [0.5, 0.6) is 0 Å². The highest BCUT2D eigenvalue weighted by Gasteiger charge is 2.44. The van der Waals surface area contributed by atoms with Crippen LogP contribution in [0.1, 0.15) is 54.5 Å². The number of halogens is 3. The number of nitrogens with one attached hydrogen (secondary N) is 1. The lowest BCUT2D eigenvalue weighted by molar-refractivity contribution is -0.137. The topological polar surface area (TPSA) is 60.4 Å². The van der Waals surface area contributed by atoms with Crippen molar-refractivity contribution in [1.29, 1.82) is 0 Å². The van der Waals surface area contributed by atoms with Crippen molar-refractivity contribution in [2.24, 2.45) is 0 Å². The summed E-state index contributed by atoms with van der Waals surface area (Å²) in [6.45, 7) is 3.68. The summed E-state index contributed by atoms with van der Waals surface area (Å²) in [4.78, 5) is 20.4. The number of pyridine rings is 1. The minimum atomic E-state index is -4.46. The van der Waals surface area contributed by atoms with E-state index in [1.807, 2.05) is 0 Å². The molecule has 1 saturated heterocycles. The van der Waals surface area contributed by atoms with E-state index in [1.54, 1.807) is 4.90 Å². The van der Waals surface area contributed by atoms with Gasteiger partial charge in [-0.25, -0.2) is 9.97 Å². The number of hydrogen-bond acceptors (Lipinski definition) is 7. The van der Waals surface area contributed by atoms with Crippen LogP contribution < -0.4 is 15.1 Å². The number of alkyl halides is 3. The Morgan fingerprint density at radius 3 is 2.32 bits per heavy atom. The molecule has 0 unspecified atom stereocenters. The van der Waals surface area contributed by atoms with E-state index in [1.165, 1.54) is 37.1 Å². The Labute approximate surface area is 239 Å². The van der Waals surface area contributed by atoms with Crippen LogP contribution in [0.3, 0.4) is 0 Å². The molecule has 1 aromatic carbocycles. The van der Waals surface area contributed by atoms with E-state index >= 15 is 0 Å². The van der Waals surface area contributed by atoms with Crippen molar-refractivity contribution < 1.29 is 13.2 Å². The van der Waals surface area contributed by atoms with E-state index in [-0.39, 0.29) is 11.2 Å². The molecule has 41 heavy (non-hydrogen) atoms. The van der Waals surface area contributed by atoms with E-state index in [9.17, 15) is 13.2 Å². The first-order valence-electron chi connectivity index (χ1n) is 14.7.